The molecule has 5 nitrogen and oxygen atoms in total. The lowest BCUT2D eigenvalue weighted by molar-refractivity contribution is -0.130. The topological polar surface area (TPSA) is 52.7 Å². The van der Waals surface area contributed by atoms with Gasteiger partial charge in [0.1, 0.15) is 0 Å². The lowest BCUT2D eigenvalue weighted by atomic mass is 10.1. The minimum Gasteiger partial charge on any atom is -0.339 e. The number of carbonyl (C=O) groups excluding carboxylic acids is 2. The zero-order valence-electron chi connectivity index (χ0n) is 16.8. The van der Waals surface area contributed by atoms with E-state index in [1.807, 2.05) is 61.2 Å². The summed E-state index contributed by atoms with van der Waals surface area (Å²) < 4.78 is 0. The van der Waals surface area contributed by atoms with Crippen LogP contribution in [-0.2, 0) is 9.59 Å². The molecule has 1 aliphatic heterocycles. The first kappa shape index (κ1) is 21.7. The van der Waals surface area contributed by atoms with Gasteiger partial charge in [0.25, 0.3) is 0 Å². The van der Waals surface area contributed by atoms with Crippen LogP contribution in [0.25, 0.3) is 0 Å². The summed E-state index contributed by atoms with van der Waals surface area (Å²) in [4.78, 5) is 29.9. The van der Waals surface area contributed by atoms with Crippen LogP contribution in [0.15, 0.2) is 47.4 Å². The van der Waals surface area contributed by atoms with Crippen molar-refractivity contribution in [3.8, 4) is 0 Å². The Morgan fingerprint density at radius 3 is 2.24 bits per heavy atom. The van der Waals surface area contributed by atoms with Gasteiger partial charge in [-0.05, 0) is 49.2 Å². The van der Waals surface area contributed by atoms with E-state index in [9.17, 15) is 9.59 Å². The standard InChI is InChI=1S/C22H26ClN3O2S/c1-16-4-3-5-17(2)22(16)24-20(27)14-25-10-12-26(13-11-25)21(28)15-29-19-8-6-18(23)7-9-19/h3-9H,10-15H2,1-2H3,(H,24,27). The van der Waals surface area contributed by atoms with Crippen molar-refractivity contribution >= 4 is 40.9 Å². The number of benzene rings is 2. The summed E-state index contributed by atoms with van der Waals surface area (Å²) in [5, 5.41) is 3.72. The minimum absolute atomic E-state index is 0.0135. The summed E-state index contributed by atoms with van der Waals surface area (Å²) in [6, 6.07) is 13.5. The van der Waals surface area contributed by atoms with Crippen molar-refractivity contribution in [2.45, 2.75) is 18.7 Å². The van der Waals surface area contributed by atoms with Gasteiger partial charge in [0.15, 0.2) is 0 Å². The number of hydrogen-bond acceptors (Lipinski definition) is 4. The van der Waals surface area contributed by atoms with Crippen LogP contribution in [0.5, 0.6) is 0 Å². The third kappa shape index (κ3) is 6.23. The zero-order valence-corrected chi connectivity index (χ0v) is 18.4. The molecule has 0 aliphatic carbocycles. The Hall–Kier alpha value is -2.02. The molecule has 0 atom stereocenters. The van der Waals surface area contributed by atoms with Gasteiger partial charge in [0, 0.05) is 41.8 Å². The SMILES string of the molecule is Cc1cccc(C)c1NC(=O)CN1CCN(C(=O)CSc2ccc(Cl)cc2)CC1. The first-order chi connectivity index (χ1) is 13.9. The van der Waals surface area contributed by atoms with Crippen LogP contribution in [0.2, 0.25) is 5.02 Å². The second-order valence-corrected chi connectivity index (χ2v) is 8.70. The molecule has 29 heavy (non-hydrogen) atoms. The molecule has 1 heterocycles. The van der Waals surface area contributed by atoms with Crippen LogP contribution < -0.4 is 5.32 Å². The Labute approximate surface area is 181 Å². The highest BCUT2D eigenvalue weighted by molar-refractivity contribution is 8.00. The summed E-state index contributed by atoms with van der Waals surface area (Å²) in [5.74, 6) is 0.527. The summed E-state index contributed by atoms with van der Waals surface area (Å²) in [5.41, 5.74) is 3.02. The molecule has 1 saturated heterocycles. The Morgan fingerprint density at radius 2 is 1.62 bits per heavy atom. The van der Waals surface area contributed by atoms with E-state index in [1.54, 1.807) is 0 Å². The van der Waals surface area contributed by atoms with Gasteiger partial charge in [0.2, 0.25) is 11.8 Å². The average molecular weight is 432 g/mol. The second-order valence-electron chi connectivity index (χ2n) is 7.21. The lowest BCUT2D eigenvalue weighted by Crippen LogP contribution is -2.50. The van der Waals surface area contributed by atoms with E-state index in [1.165, 1.54) is 11.8 Å². The molecule has 0 spiro atoms. The fourth-order valence-electron chi connectivity index (χ4n) is 3.32. The van der Waals surface area contributed by atoms with E-state index in [4.69, 9.17) is 11.6 Å². The van der Waals surface area contributed by atoms with Crippen molar-refractivity contribution in [1.82, 2.24) is 9.80 Å². The maximum Gasteiger partial charge on any atom is 0.238 e. The number of anilines is 1. The number of para-hydroxylation sites is 1. The molecule has 1 fully saturated rings. The van der Waals surface area contributed by atoms with Gasteiger partial charge in [-0.2, -0.15) is 0 Å². The third-order valence-electron chi connectivity index (χ3n) is 5.01. The number of rotatable bonds is 6. The molecule has 1 N–H and O–H groups in total. The number of nitrogens with zero attached hydrogens (tertiary/aromatic N) is 2. The molecule has 3 rings (SSSR count). The van der Waals surface area contributed by atoms with Gasteiger partial charge in [0.05, 0.1) is 12.3 Å². The largest absolute Gasteiger partial charge is 0.339 e. The molecule has 0 radical (unpaired) electrons. The van der Waals surface area contributed by atoms with Gasteiger partial charge in [-0.25, -0.2) is 0 Å². The van der Waals surface area contributed by atoms with E-state index >= 15 is 0 Å². The second kappa shape index (κ2) is 10.1. The first-order valence-electron chi connectivity index (χ1n) is 9.67. The third-order valence-corrected chi connectivity index (χ3v) is 6.26. The molecule has 0 saturated carbocycles. The Morgan fingerprint density at radius 1 is 1.00 bits per heavy atom. The van der Waals surface area contributed by atoms with Gasteiger partial charge in [-0.3, -0.25) is 14.5 Å². The smallest absolute Gasteiger partial charge is 0.238 e. The number of nitrogens with one attached hydrogen (secondary N) is 1. The molecule has 2 aromatic rings. The van der Waals surface area contributed by atoms with Crippen LogP contribution in [-0.4, -0.2) is 60.1 Å². The summed E-state index contributed by atoms with van der Waals surface area (Å²) in [6.45, 7) is 7.04. The quantitative estimate of drug-likeness (QED) is 0.706. The van der Waals surface area contributed by atoms with E-state index in [2.05, 4.69) is 10.2 Å². The zero-order chi connectivity index (χ0) is 20.8. The predicted octanol–water partition coefficient (Wildman–Crippen LogP) is 3.83. The van der Waals surface area contributed by atoms with Crippen LogP contribution >= 0.6 is 23.4 Å². The summed E-state index contributed by atoms with van der Waals surface area (Å²) >= 11 is 7.41. The maximum atomic E-state index is 12.5. The summed E-state index contributed by atoms with van der Waals surface area (Å²) in [7, 11) is 0. The van der Waals surface area contributed by atoms with E-state index < -0.39 is 0 Å². The van der Waals surface area contributed by atoms with Crippen molar-refractivity contribution in [3.63, 3.8) is 0 Å². The number of carbonyl (C=O) groups is 2. The number of amides is 2. The maximum absolute atomic E-state index is 12.5. The van der Waals surface area contributed by atoms with Crippen molar-refractivity contribution in [2.75, 3.05) is 43.8 Å². The minimum atomic E-state index is -0.0135. The summed E-state index contributed by atoms with van der Waals surface area (Å²) in [6.07, 6.45) is 0. The first-order valence-corrected chi connectivity index (χ1v) is 11.0. The van der Waals surface area contributed by atoms with Gasteiger partial charge >= 0.3 is 0 Å². The van der Waals surface area contributed by atoms with Crippen molar-refractivity contribution in [1.29, 1.82) is 0 Å². The van der Waals surface area contributed by atoms with Crippen LogP contribution in [0.1, 0.15) is 11.1 Å². The molecule has 154 valence electrons. The monoisotopic (exact) mass is 431 g/mol. The van der Waals surface area contributed by atoms with E-state index in [-0.39, 0.29) is 11.8 Å². The van der Waals surface area contributed by atoms with Crippen molar-refractivity contribution < 1.29 is 9.59 Å². The molecule has 0 unspecified atom stereocenters. The number of piperazine rings is 1. The fraction of sp³-hybridized carbons (Fsp3) is 0.364. The molecule has 2 amide bonds. The van der Waals surface area contributed by atoms with Crippen molar-refractivity contribution in [3.05, 3.63) is 58.6 Å². The van der Waals surface area contributed by atoms with Crippen LogP contribution in [0.3, 0.4) is 0 Å². The van der Waals surface area contributed by atoms with Gasteiger partial charge in [-0.15, -0.1) is 11.8 Å². The van der Waals surface area contributed by atoms with Crippen LogP contribution in [0, 0.1) is 13.8 Å². The Balaban J connectivity index is 1.42. The van der Waals surface area contributed by atoms with E-state index in [0.717, 1.165) is 21.7 Å². The number of thioether (sulfide) groups is 1. The lowest BCUT2D eigenvalue weighted by Gasteiger charge is -2.34. The molecular formula is C22H26ClN3O2S. The van der Waals surface area contributed by atoms with Gasteiger partial charge in [-0.1, -0.05) is 29.8 Å². The van der Waals surface area contributed by atoms with Crippen molar-refractivity contribution in [2.24, 2.45) is 0 Å². The highest BCUT2D eigenvalue weighted by Crippen LogP contribution is 2.21. The molecular weight excluding hydrogens is 406 g/mol. The van der Waals surface area contributed by atoms with E-state index in [0.29, 0.717) is 43.5 Å². The average Bonchev–Trinajstić information content (AvgIpc) is 2.71. The van der Waals surface area contributed by atoms with Gasteiger partial charge < -0.3 is 10.2 Å². The van der Waals surface area contributed by atoms with Crippen LogP contribution in [0.4, 0.5) is 5.69 Å². The molecule has 1 aliphatic rings. The molecule has 7 heteroatoms. The normalized spacial score (nSPS) is 14.7. The Bertz CT molecular complexity index is 845. The fourth-order valence-corrected chi connectivity index (χ4v) is 4.24. The molecule has 2 aromatic carbocycles. The molecule has 0 aromatic heterocycles. The number of aryl methyl sites for hydroxylation is 2. The predicted molar refractivity (Wildman–Crippen MR) is 120 cm³/mol. The highest BCUT2D eigenvalue weighted by atomic mass is 35.5. The Kier molecular flexibility index (Phi) is 7.58. The number of hydrogen-bond donors (Lipinski definition) is 1. The number of halogens is 1. The molecule has 0 bridgehead atoms. The highest BCUT2D eigenvalue weighted by Gasteiger charge is 2.22.